The monoisotopic (exact) mass is 270 g/mol. The average Bonchev–Trinajstić information content (AvgIpc) is 2.20. The lowest BCUT2D eigenvalue weighted by atomic mass is 9.76. The van der Waals surface area contributed by atoms with Crippen LogP contribution in [0.2, 0.25) is 0 Å². The summed E-state index contributed by atoms with van der Waals surface area (Å²) in [5, 5.41) is 9.35. The smallest absolute Gasteiger partial charge is 0.314 e. The summed E-state index contributed by atoms with van der Waals surface area (Å²) in [6.07, 6.45) is 1.21. The number of aliphatic carboxylic acids is 1. The molecule has 0 aliphatic rings. The maximum Gasteiger partial charge on any atom is 0.314 e. The fraction of sp³-hybridized carbons (Fsp3) is 0.417. The van der Waals surface area contributed by atoms with E-state index in [2.05, 4.69) is 15.9 Å². The minimum Gasteiger partial charge on any atom is -0.481 e. The molecule has 0 aliphatic heterocycles. The van der Waals surface area contributed by atoms with Crippen molar-refractivity contribution in [3.8, 4) is 0 Å². The van der Waals surface area contributed by atoms with E-state index in [-0.39, 0.29) is 0 Å². The summed E-state index contributed by atoms with van der Waals surface area (Å²) < 4.78 is 0.924. The summed E-state index contributed by atoms with van der Waals surface area (Å²) >= 11 is 3.37. The van der Waals surface area contributed by atoms with E-state index in [0.717, 1.165) is 10.0 Å². The highest BCUT2D eigenvalue weighted by molar-refractivity contribution is 9.10. The zero-order valence-electron chi connectivity index (χ0n) is 8.96. The standard InChI is InChI=1S/C12H15BrO2/c1-3-12(4-2,11(14)15)9-6-5-7-10(13)8-9/h5-8H,3-4H2,1-2H3,(H,14,15). The molecule has 1 rings (SSSR count). The third-order valence-corrected chi connectivity index (χ3v) is 3.49. The van der Waals surface area contributed by atoms with Gasteiger partial charge in [-0.25, -0.2) is 0 Å². The van der Waals surface area contributed by atoms with E-state index < -0.39 is 11.4 Å². The van der Waals surface area contributed by atoms with Gasteiger partial charge in [0.25, 0.3) is 0 Å². The Labute approximate surface area is 98.4 Å². The highest BCUT2D eigenvalue weighted by atomic mass is 79.9. The summed E-state index contributed by atoms with van der Waals surface area (Å²) in [7, 11) is 0. The van der Waals surface area contributed by atoms with Crippen LogP contribution in [0.25, 0.3) is 0 Å². The molecule has 3 heteroatoms. The van der Waals surface area contributed by atoms with E-state index in [0.29, 0.717) is 12.8 Å². The van der Waals surface area contributed by atoms with Crippen molar-refractivity contribution in [2.75, 3.05) is 0 Å². The molecule has 2 nitrogen and oxygen atoms in total. The molecule has 0 spiro atoms. The van der Waals surface area contributed by atoms with Gasteiger partial charge in [0.15, 0.2) is 0 Å². The Morgan fingerprint density at radius 3 is 2.40 bits per heavy atom. The van der Waals surface area contributed by atoms with Crippen LogP contribution in [0.1, 0.15) is 32.3 Å². The molecule has 0 heterocycles. The fourth-order valence-electron chi connectivity index (χ4n) is 1.87. The van der Waals surface area contributed by atoms with E-state index >= 15 is 0 Å². The summed E-state index contributed by atoms with van der Waals surface area (Å²) in [5.41, 5.74) is 0.124. The lowest BCUT2D eigenvalue weighted by Crippen LogP contribution is -2.34. The second-order valence-corrected chi connectivity index (χ2v) is 4.52. The van der Waals surface area contributed by atoms with Crippen LogP contribution in [-0.2, 0) is 10.2 Å². The van der Waals surface area contributed by atoms with Crippen LogP contribution in [-0.4, -0.2) is 11.1 Å². The molecule has 0 saturated carbocycles. The van der Waals surface area contributed by atoms with Crippen LogP contribution in [0.15, 0.2) is 28.7 Å². The Morgan fingerprint density at radius 2 is 2.00 bits per heavy atom. The Balaban J connectivity index is 3.26. The van der Waals surface area contributed by atoms with Crippen LogP contribution in [0.5, 0.6) is 0 Å². The van der Waals surface area contributed by atoms with Crippen molar-refractivity contribution in [2.24, 2.45) is 0 Å². The quantitative estimate of drug-likeness (QED) is 0.908. The zero-order valence-corrected chi connectivity index (χ0v) is 10.5. The normalized spacial score (nSPS) is 11.4. The molecule has 1 aromatic rings. The molecular formula is C12H15BrO2. The van der Waals surface area contributed by atoms with Crippen molar-refractivity contribution >= 4 is 21.9 Å². The molecule has 0 amide bonds. The van der Waals surface area contributed by atoms with Crippen molar-refractivity contribution in [3.63, 3.8) is 0 Å². The van der Waals surface area contributed by atoms with Crippen LogP contribution in [0, 0.1) is 0 Å². The van der Waals surface area contributed by atoms with Gasteiger partial charge in [0.2, 0.25) is 0 Å². The van der Waals surface area contributed by atoms with Gasteiger partial charge >= 0.3 is 5.97 Å². The molecule has 0 aliphatic carbocycles. The van der Waals surface area contributed by atoms with Gasteiger partial charge in [-0.3, -0.25) is 4.79 Å². The number of carboxylic acid groups (broad SMARTS) is 1. The van der Waals surface area contributed by atoms with Crippen molar-refractivity contribution in [3.05, 3.63) is 34.3 Å². The van der Waals surface area contributed by atoms with Gasteiger partial charge in [0.05, 0.1) is 5.41 Å². The minimum atomic E-state index is -0.746. The average molecular weight is 271 g/mol. The second kappa shape index (κ2) is 4.79. The van der Waals surface area contributed by atoms with E-state index in [1.807, 2.05) is 38.1 Å². The highest BCUT2D eigenvalue weighted by Gasteiger charge is 2.36. The first-order valence-corrected chi connectivity index (χ1v) is 5.85. The number of hydrogen-bond donors (Lipinski definition) is 1. The molecule has 0 aromatic heterocycles. The van der Waals surface area contributed by atoms with Gasteiger partial charge in [-0.2, -0.15) is 0 Å². The third-order valence-electron chi connectivity index (χ3n) is 2.99. The molecule has 1 N–H and O–H groups in total. The van der Waals surface area contributed by atoms with Crippen molar-refractivity contribution in [1.29, 1.82) is 0 Å². The summed E-state index contributed by atoms with van der Waals surface area (Å²) in [5.74, 6) is -0.745. The van der Waals surface area contributed by atoms with Gasteiger partial charge in [-0.15, -0.1) is 0 Å². The predicted octanol–water partition coefficient (Wildman–Crippen LogP) is 3.59. The predicted molar refractivity (Wildman–Crippen MR) is 64.0 cm³/mol. The van der Waals surface area contributed by atoms with Crippen molar-refractivity contribution in [1.82, 2.24) is 0 Å². The van der Waals surface area contributed by atoms with Crippen LogP contribution in [0.4, 0.5) is 0 Å². The van der Waals surface area contributed by atoms with Crippen LogP contribution >= 0.6 is 15.9 Å². The lowest BCUT2D eigenvalue weighted by molar-refractivity contribution is -0.144. The van der Waals surface area contributed by atoms with Gasteiger partial charge < -0.3 is 5.11 Å². The molecule has 0 radical (unpaired) electrons. The Morgan fingerprint density at radius 1 is 1.40 bits per heavy atom. The minimum absolute atomic E-state index is 0.606. The van der Waals surface area contributed by atoms with Crippen LogP contribution in [0.3, 0.4) is 0 Å². The Bertz CT molecular complexity index is 356. The molecule has 0 saturated heterocycles. The number of rotatable bonds is 4. The van der Waals surface area contributed by atoms with Gasteiger partial charge in [0, 0.05) is 4.47 Å². The molecule has 1 aromatic carbocycles. The zero-order chi connectivity index (χ0) is 11.5. The number of benzene rings is 1. The lowest BCUT2D eigenvalue weighted by Gasteiger charge is -2.27. The first-order valence-electron chi connectivity index (χ1n) is 5.06. The van der Waals surface area contributed by atoms with E-state index in [9.17, 15) is 9.90 Å². The molecular weight excluding hydrogens is 256 g/mol. The number of carbonyl (C=O) groups is 1. The van der Waals surface area contributed by atoms with Crippen LogP contribution < -0.4 is 0 Å². The molecule has 82 valence electrons. The van der Waals surface area contributed by atoms with E-state index in [1.165, 1.54) is 0 Å². The fourth-order valence-corrected chi connectivity index (χ4v) is 2.27. The largest absolute Gasteiger partial charge is 0.481 e. The molecule has 0 bridgehead atoms. The highest BCUT2D eigenvalue weighted by Crippen LogP contribution is 2.33. The Kier molecular flexibility index (Phi) is 3.91. The third kappa shape index (κ3) is 2.23. The Hall–Kier alpha value is -0.830. The first kappa shape index (κ1) is 12.2. The maximum absolute atomic E-state index is 11.4. The maximum atomic E-state index is 11.4. The summed E-state index contributed by atoms with van der Waals surface area (Å²) in [6.45, 7) is 3.83. The number of carboxylic acids is 1. The van der Waals surface area contributed by atoms with Crippen molar-refractivity contribution < 1.29 is 9.90 Å². The summed E-state index contributed by atoms with van der Waals surface area (Å²) in [4.78, 5) is 11.4. The van der Waals surface area contributed by atoms with Gasteiger partial charge in [0.1, 0.15) is 0 Å². The molecule has 0 fully saturated rings. The van der Waals surface area contributed by atoms with Gasteiger partial charge in [-0.1, -0.05) is 41.9 Å². The molecule has 0 atom stereocenters. The van der Waals surface area contributed by atoms with E-state index in [1.54, 1.807) is 0 Å². The first-order chi connectivity index (χ1) is 7.06. The second-order valence-electron chi connectivity index (χ2n) is 3.60. The number of halogens is 1. The molecule has 0 unspecified atom stereocenters. The van der Waals surface area contributed by atoms with E-state index in [4.69, 9.17) is 0 Å². The van der Waals surface area contributed by atoms with Crippen molar-refractivity contribution in [2.45, 2.75) is 32.1 Å². The molecule has 15 heavy (non-hydrogen) atoms. The number of hydrogen-bond acceptors (Lipinski definition) is 1. The topological polar surface area (TPSA) is 37.3 Å². The summed E-state index contributed by atoms with van der Waals surface area (Å²) in [6, 6.07) is 7.55. The SMILES string of the molecule is CCC(CC)(C(=O)O)c1cccc(Br)c1. The van der Waals surface area contributed by atoms with Gasteiger partial charge in [-0.05, 0) is 30.5 Å².